The summed E-state index contributed by atoms with van der Waals surface area (Å²) < 4.78 is 1.12. The SMILES string of the molecule is C#CCCCC(NC)c1ccc2cc(Br)ccc2c1. The fourth-order valence-electron chi connectivity index (χ4n) is 2.34. The molecule has 0 saturated heterocycles. The molecule has 2 aromatic rings. The van der Waals surface area contributed by atoms with Crippen molar-refractivity contribution in [3.63, 3.8) is 0 Å². The number of nitrogens with one attached hydrogen (secondary N) is 1. The molecule has 2 aromatic carbocycles. The van der Waals surface area contributed by atoms with E-state index < -0.39 is 0 Å². The fourth-order valence-corrected chi connectivity index (χ4v) is 2.72. The van der Waals surface area contributed by atoms with E-state index in [1.54, 1.807) is 0 Å². The number of hydrogen-bond acceptors (Lipinski definition) is 1. The summed E-state index contributed by atoms with van der Waals surface area (Å²) in [5, 5.41) is 5.91. The van der Waals surface area contributed by atoms with Crippen LogP contribution < -0.4 is 5.32 Å². The van der Waals surface area contributed by atoms with Gasteiger partial charge in [-0.25, -0.2) is 0 Å². The number of rotatable bonds is 5. The summed E-state index contributed by atoms with van der Waals surface area (Å²) >= 11 is 3.50. The van der Waals surface area contributed by atoms with E-state index in [1.807, 2.05) is 7.05 Å². The smallest absolute Gasteiger partial charge is 0.0318 e. The molecule has 0 aromatic heterocycles. The zero-order valence-corrected chi connectivity index (χ0v) is 12.7. The van der Waals surface area contributed by atoms with Crippen molar-refractivity contribution < 1.29 is 0 Å². The summed E-state index contributed by atoms with van der Waals surface area (Å²) in [6, 6.07) is 13.4. The molecule has 0 amide bonds. The second kappa shape index (κ2) is 6.75. The molecule has 1 nitrogen and oxygen atoms in total. The maximum atomic E-state index is 5.31. The Morgan fingerprint density at radius 3 is 2.68 bits per heavy atom. The number of benzene rings is 2. The standard InChI is InChI=1S/C17H18BrN/c1-3-4-5-6-17(19-2)15-8-7-14-12-16(18)10-9-13(14)11-15/h1,7-12,17,19H,4-6H2,2H3. The highest BCUT2D eigenvalue weighted by Crippen LogP contribution is 2.25. The minimum absolute atomic E-state index is 0.376. The first kappa shape index (κ1) is 14.1. The monoisotopic (exact) mass is 315 g/mol. The van der Waals surface area contributed by atoms with Crippen LogP contribution in [0.15, 0.2) is 40.9 Å². The fraction of sp³-hybridized carbons (Fsp3) is 0.294. The molecule has 0 aliphatic heterocycles. The van der Waals surface area contributed by atoms with Gasteiger partial charge >= 0.3 is 0 Å². The molecule has 2 heteroatoms. The van der Waals surface area contributed by atoms with Gasteiger partial charge in [0.25, 0.3) is 0 Å². The van der Waals surface area contributed by atoms with Crippen molar-refractivity contribution in [1.29, 1.82) is 0 Å². The summed E-state index contributed by atoms with van der Waals surface area (Å²) in [6.07, 6.45) is 8.28. The van der Waals surface area contributed by atoms with Gasteiger partial charge in [0.05, 0.1) is 0 Å². The summed E-state index contributed by atoms with van der Waals surface area (Å²) in [5.41, 5.74) is 1.33. The van der Waals surface area contributed by atoms with Gasteiger partial charge in [-0.1, -0.05) is 34.1 Å². The molecule has 0 aliphatic carbocycles. The number of unbranched alkanes of at least 4 members (excludes halogenated alkanes) is 1. The Labute approximate surface area is 123 Å². The molecule has 2 rings (SSSR count). The Morgan fingerprint density at radius 1 is 1.21 bits per heavy atom. The van der Waals surface area contributed by atoms with Crippen LogP contribution in [0.5, 0.6) is 0 Å². The van der Waals surface area contributed by atoms with Crippen molar-refractivity contribution in [3.8, 4) is 12.3 Å². The van der Waals surface area contributed by atoms with E-state index in [9.17, 15) is 0 Å². The quantitative estimate of drug-likeness (QED) is 0.624. The zero-order valence-electron chi connectivity index (χ0n) is 11.1. The molecule has 98 valence electrons. The normalized spacial score (nSPS) is 12.3. The van der Waals surface area contributed by atoms with E-state index in [-0.39, 0.29) is 0 Å². The summed E-state index contributed by atoms with van der Waals surface area (Å²) in [6.45, 7) is 0. The first-order chi connectivity index (χ1) is 9.24. The highest BCUT2D eigenvalue weighted by atomic mass is 79.9. The highest BCUT2D eigenvalue weighted by molar-refractivity contribution is 9.10. The molecule has 0 fully saturated rings. The molecule has 0 bridgehead atoms. The van der Waals surface area contributed by atoms with Gasteiger partial charge in [-0.3, -0.25) is 0 Å². The van der Waals surface area contributed by atoms with Crippen molar-refractivity contribution in [2.45, 2.75) is 25.3 Å². The molecule has 1 unspecified atom stereocenters. The van der Waals surface area contributed by atoms with Gasteiger partial charge in [0, 0.05) is 16.9 Å². The van der Waals surface area contributed by atoms with Gasteiger partial charge in [-0.2, -0.15) is 0 Å². The summed E-state index contributed by atoms with van der Waals surface area (Å²) in [7, 11) is 2.01. The topological polar surface area (TPSA) is 12.0 Å². The lowest BCUT2D eigenvalue weighted by atomic mass is 9.98. The largest absolute Gasteiger partial charge is 0.313 e. The van der Waals surface area contributed by atoms with Crippen molar-refractivity contribution in [3.05, 3.63) is 46.4 Å². The van der Waals surface area contributed by atoms with Crippen LogP contribution in [0, 0.1) is 12.3 Å². The number of fused-ring (bicyclic) bond motifs is 1. The molecule has 0 saturated carbocycles. The lowest BCUT2D eigenvalue weighted by Crippen LogP contribution is -2.16. The minimum atomic E-state index is 0.376. The maximum Gasteiger partial charge on any atom is 0.0318 e. The van der Waals surface area contributed by atoms with Crippen LogP contribution in [0.2, 0.25) is 0 Å². The molecule has 19 heavy (non-hydrogen) atoms. The van der Waals surface area contributed by atoms with Crippen LogP contribution in [0.1, 0.15) is 30.9 Å². The zero-order chi connectivity index (χ0) is 13.7. The van der Waals surface area contributed by atoms with Crippen molar-refractivity contribution in [2.24, 2.45) is 0 Å². The van der Waals surface area contributed by atoms with Crippen molar-refractivity contribution >= 4 is 26.7 Å². The predicted molar refractivity (Wildman–Crippen MR) is 86.1 cm³/mol. The first-order valence-corrected chi connectivity index (χ1v) is 7.34. The Kier molecular flexibility index (Phi) is 5.01. The van der Waals surface area contributed by atoms with Crippen LogP contribution in [0.25, 0.3) is 10.8 Å². The van der Waals surface area contributed by atoms with Gasteiger partial charge < -0.3 is 5.32 Å². The first-order valence-electron chi connectivity index (χ1n) is 6.54. The van der Waals surface area contributed by atoms with Gasteiger partial charge in [-0.15, -0.1) is 12.3 Å². The van der Waals surface area contributed by atoms with Gasteiger partial charge in [0.15, 0.2) is 0 Å². The van der Waals surface area contributed by atoms with Crippen molar-refractivity contribution in [2.75, 3.05) is 7.05 Å². The molecule has 0 aliphatic rings. The number of terminal acetylenes is 1. The summed E-state index contributed by atoms with van der Waals surface area (Å²) in [5.74, 6) is 2.70. The third-order valence-electron chi connectivity index (χ3n) is 3.39. The lowest BCUT2D eigenvalue weighted by Gasteiger charge is -2.16. The Hall–Kier alpha value is -1.30. The minimum Gasteiger partial charge on any atom is -0.313 e. The van der Waals surface area contributed by atoms with Crippen molar-refractivity contribution in [1.82, 2.24) is 5.32 Å². The molecule has 0 heterocycles. The van der Waals surface area contributed by atoms with E-state index >= 15 is 0 Å². The van der Waals surface area contributed by atoms with E-state index in [1.165, 1.54) is 16.3 Å². The van der Waals surface area contributed by atoms with Gasteiger partial charge in [0.2, 0.25) is 0 Å². The van der Waals surface area contributed by atoms with E-state index in [2.05, 4.69) is 63.6 Å². The Morgan fingerprint density at radius 2 is 1.95 bits per heavy atom. The van der Waals surface area contributed by atoms with E-state index in [0.717, 1.165) is 23.7 Å². The van der Waals surface area contributed by atoms with Gasteiger partial charge in [-0.05, 0) is 54.4 Å². The average molecular weight is 316 g/mol. The Balaban J connectivity index is 2.23. The third-order valence-corrected chi connectivity index (χ3v) is 3.88. The van der Waals surface area contributed by atoms with Crippen LogP contribution in [-0.4, -0.2) is 7.05 Å². The number of hydrogen-bond donors (Lipinski definition) is 1. The number of halogens is 1. The molecular weight excluding hydrogens is 298 g/mol. The van der Waals surface area contributed by atoms with Crippen LogP contribution in [0.4, 0.5) is 0 Å². The summed E-state index contributed by atoms with van der Waals surface area (Å²) in [4.78, 5) is 0. The third kappa shape index (κ3) is 3.59. The highest BCUT2D eigenvalue weighted by Gasteiger charge is 2.09. The second-order valence-electron chi connectivity index (χ2n) is 4.69. The van der Waals surface area contributed by atoms with E-state index in [0.29, 0.717) is 6.04 Å². The Bertz CT molecular complexity index is 598. The lowest BCUT2D eigenvalue weighted by molar-refractivity contribution is 0.532. The molecular formula is C17H18BrN. The van der Waals surface area contributed by atoms with Crippen LogP contribution in [-0.2, 0) is 0 Å². The average Bonchev–Trinajstić information content (AvgIpc) is 2.43. The molecule has 0 radical (unpaired) electrons. The molecule has 1 N–H and O–H groups in total. The van der Waals surface area contributed by atoms with Gasteiger partial charge in [0.1, 0.15) is 0 Å². The molecule has 1 atom stereocenters. The maximum absolute atomic E-state index is 5.31. The van der Waals surface area contributed by atoms with Crippen LogP contribution in [0.3, 0.4) is 0 Å². The van der Waals surface area contributed by atoms with Crippen LogP contribution >= 0.6 is 15.9 Å². The molecule has 0 spiro atoms. The predicted octanol–water partition coefficient (Wildman–Crippen LogP) is 4.67. The van der Waals surface area contributed by atoms with E-state index in [4.69, 9.17) is 6.42 Å². The second-order valence-corrected chi connectivity index (χ2v) is 5.60.